The highest BCUT2D eigenvalue weighted by atomic mass is 79.9. The predicted octanol–water partition coefficient (Wildman–Crippen LogP) is 3.51. The molecule has 2 aromatic rings. The van der Waals surface area contributed by atoms with Gasteiger partial charge in [0.15, 0.2) is 6.10 Å². The van der Waals surface area contributed by atoms with Crippen molar-refractivity contribution in [3.05, 3.63) is 52.9 Å². The molecule has 0 spiro atoms. The van der Waals surface area contributed by atoms with Gasteiger partial charge in [0.1, 0.15) is 11.5 Å². The van der Waals surface area contributed by atoms with Gasteiger partial charge in [-0.1, -0.05) is 22.0 Å². The minimum atomic E-state index is -0.278. The molecule has 0 saturated carbocycles. The van der Waals surface area contributed by atoms with Gasteiger partial charge in [0.2, 0.25) is 0 Å². The van der Waals surface area contributed by atoms with Crippen LogP contribution < -0.4 is 10.5 Å². The van der Waals surface area contributed by atoms with E-state index in [0.717, 1.165) is 16.0 Å². The van der Waals surface area contributed by atoms with Crippen LogP contribution in [0.2, 0.25) is 0 Å². The minimum absolute atomic E-state index is 0.153. The van der Waals surface area contributed by atoms with Crippen LogP contribution in [0, 0.1) is 0 Å². The van der Waals surface area contributed by atoms with Crippen molar-refractivity contribution in [2.24, 2.45) is 5.73 Å². The topological polar surface area (TPSA) is 48.4 Å². The Balaban J connectivity index is 2.19. The fourth-order valence-electron chi connectivity index (χ4n) is 1.56. The third-order valence-electron chi connectivity index (χ3n) is 2.36. The first-order valence-corrected chi connectivity index (χ1v) is 6.17. The average Bonchev–Trinajstić information content (AvgIpc) is 2.78. The summed E-state index contributed by atoms with van der Waals surface area (Å²) in [4.78, 5) is 0. The molecule has 0 aliphatic rings. The summed E-state index contributed by atoms with van der Waals surface area (Å²) in [6, 6.07) is 11.2. The third kappa shape index (κ3) is 3.11. The lowest BCUT2D eigenvalue weighted by Crippen LogP contribution is -2.28. The molecule has 90 valence electrons. The maximum atomic E-state index is 5.92. The SMILES string of the molecule is CC(N)C(Oc1cccc(Br)c1)c1ccco1. The Labute approximate surface area is 109 Å². The lowest BCUT2D eigenvalue weighted by Gasteiger charge is -2.20. The van der Waals surface area contributed by atoms with Crippen LogP contribution in [-0.4, -0.2) is 6.04 Å². The summed E-state index contributed by atoms with van der Waals surface area (Å²) in [5, 5.41) is 0. The summed E-state index contributed by atoms with van der Waals surface area (Å²) in [5.41, 5.74) is 5.92. The Morgan fingerprint density at radius 3 is 2.71 bits per heavy atom. The van der Waals surface area contributed by atoms with Gasteiger partial charge in [0.05, 0.1) is 6.26 Å². The standard InChI is InChI=1S/C13H14BrNO2/c1-9(15)13(12-6-3-7-16-12)17-11-5-2-4-10(14)8-11/h2-9,13H,15H2,1H3. The molecule has 2 atom stereocenters. The second kappa shape index (κ2) is 5.38. The second-order valence-electron chi connectivity index (χ2n) is 3.87. The summed E-state index contributed by atoms with van der Waals surface area (Å²) >= 11 is 3.40. The number of rotatable bonds is 4. The molecule has 0 aliphatic carbocycles. The van der Waals surface area contributed by atoms with Crippen LogP contribution in [0.3, 0.4) is 0 Å². The van der Waals surface area contributed by atoms with Crippen molar-refractivity contribution in [2.75, 3.05) is 0 Å². The van der Waals surface area contributed by atoms with E-state index in [4.69, 9.17) is 14.9 Å². The van der Waals surface area contributed by atoms with Gasteiger partial charge < -0.3 is 14.9 Å². The molecule has 0 aliphatic heterocycles. The van der Waals surface area contributed by atoms with Gasteiger partial charge in [-0.25, -0.2) is 0 Å². The van der Waals surface area contributed by atoms with E-state index in [1.807, 2.05) is 43.3 Å². The molecule has 0 amide bonds. The van der Waals surface area contributed by atoms with Crippen LogP contribution in [0.4, 0.5) is 0 Å². The van der Waals surface area contributed by atoms with Crippen molar-refractivity contribution in [1.82, 2.24) is 0 Å². The zero-order valence-corrected chi connectivity index (χ0v) is 11.1. The zero-order chi connectivity index (χ0) is 12.3. The summed E-state index contributed by atoms with van der Waals surface area (Å²) in [6.45, 7) is 1.89. The van der Waals surface area contributed by atoms with Crippen molar-refractivity contribution >= 4 is 15.9 Å². The van der Waals surface area contributed by atoms with Crippen LogP contribution in [0.25, 0.3) is 0 Å². The van der Waals surface area contributed by atoms with Crippen molar-refractivity contribution in [3.8, 4) is 5.75 Å². The quantitative estimate of drug-likeness (QED) is 0.939. The molecule has 0 bridgehead atoms. The van der Waals surface area contributed by atoms with Crippen LogP contribution >= 0.6 is 15.9 Å². The molecule has 0 fully saturated rings. The monoisotopic (exact) mass is 295 g/mol. The lowest BCUT2D eigenvalue weighted by atomic mass is 10.1. The second-order valence-corrected chi connectivity index (χ2v) is 4.79. The fourth-order valence-corrected chi connectivity index (χ4v) is 1.94. The van der Waals surface area contributed by atoms with Gasteiger partial charge >= 0.3 is 0 Å². The first kappa shape index (κ1) is 12.2. The molecular formula is C13H14BrNO2. The average molecular weight is 296 g/mol. The van der Waals surface area contributed by atoms with E-state index in [9.17, 15) is 0 Å². The first-order valence-electron chi connectivity index (χ1n) is 5.38. The third-order valence-corrected chi connectivity index (χ3v) is 2.85. The fraction of sp³-hybridized carbons (Fsp3) is 0.231. The largest absolute Gasteiger partial charge is 0.481 e. The number of benzene rings is 1. The van der Waals surface area contributed by atoms with Crippen LogP contribution in [0.1, 0.15) is 18.8 Å². The summed E-state index contributed by atoms with van der Waals surface area (Å²) in [6.07, 6.45) is 1.34. The number of hydrogen-bond acceptors (Lipinski definition) is 3. The highest BCUT2D eigenvalue weighted by Crippen LogP contribution is 2.26. The van der Waals surface area contributed by atoms with Gasteiger partial charge in [0, 0.05) is 10.5 Å². The van der Waals surface area contributed by atoms with Crippen molar-refractivity contribution in [3.63, 3.8) is 0 Å². The Kier molecular flexibility index (Phi) is 3.86. The molecular weight excluding hydrogens is 282 g/mol. The molecule has 2 N–H and O–H groups in total. The van der Waals surface area contributed by atoms with Gasteiger partial charge in [-0.3, -0.25) is 0 Å². The van der Waals surface area contributed by atoms with Gasteiger partial charge in [0.25, 0.3) is 0 Å². The number of furan rings is 1. The maximum absolute atomic E-state index is 5.92. The van der Waals surface area contributed by atoms with E-state index < -0.39 is 0 Å². The molecule has 1 aromatic carbocycles. The molecule has 4 heteroatoms. The van der Waals surface area contributed by atoms with Crippen molar-refractivity contribution in [2.45, 2.75) is 19.1 Å². The number of hydrogen-bond donors (Lipinski definition) is 1. The van der Waals surface area contributed by atoms with Crippen LogP contribution in [-0.2, 0) is 0 Å². The lowest BCUT2D eigenvalue weighted by molar-refractivity contribution is 0.153. The summed E-state index contributed by atoms with van der Waals surface area (Å²) in [5.74, 6) is 1.50. The highest BCUT2D eigenvalue weighted by Gasteiger charge is 2.20. The first-order chi connectivity index (χ1) is 8.16. The molecule has 17 heavy (non-hydrogen) atoms. The number of halogens is 1. The predicted molar refractivity (Wildman–Crippen MR) is 69.9 cm³/mol. The molecule has 0 saturated heterocycles. The highest BCUT2D eigenvalue weighted by molar-refractivity contribution is 9.10. The van der Waals surface area contributed by atoms with Crippen LogP contribution in [0.5, 0.6) is 5.75 Å². The molecule has 1 aromatic heterocycles. The van der Waals surface area contributed by atoms with E-state index in [1.54, 1.807) is 6.26 Å². The number of ether oxygens (including phenoxy) is 1. The number of nitrogens with two attached hydrogens (primary N) is 1. The van der Waals surface area contributed by atoms with Gasteiger partial charge in [-0.2, -0.15) is 0 Å². The minimum Gasteiger partial charge on any atom is -0.481 e. The molecule has 0 radical (unpaired) electrons. The van der Waals surface area contributed by atoms with E-state index in [2.05, 4.69) is 15.9 Å². The summed E-state index contributed by atoms with van der Waals surface area (Å²) in [7, 11) is 0. The van der Waals surface area contributed by atoms with E-state index in [1.165, 1.54) is 0 Å². The smallest absolute Gasteiger partial charge is 0.171 e. The van der Waals surface area contributed by atoms with Crippen molar-refractivity contribution < 1.29 is 9.15 Å². The van der Waals surface area contributed by atoms with E-state index >= 15 is 0 Å². The van der Waals surface area contributed by atoms with Crippen LogP contribution in [0.15, 0.2) is 51.6 Å². The Morgan fingerprint density at radius 2 is 2.12 bits per heavy atom. The normalized spacial score (nSPS) is 14.3. The van der Waals surface area contributed by atoms with Crippen molar-refractivity contribution in [1.29, 1.82) is 0 Å². The summed E-state index contributed by atoms with van der Waals surface area (Å²) < 4.78 is 12.2. The molecule has 2 unspecified atom stereocenters. The zero-order valence-electron chi connectivity index (χ0n) is 9.47. The maximum Gasteiger partial charge on any atom is 0.171 e. The van der Waals surface area contributed by atoms with Gasteiger partial charge in [-0.05, 0) is 37.3 Å². The molecule has 2 rings (SSSR count). The van der Waals surface area contributed by atoms with Gasteiger partial charge in [-0.15, -0.1) is 0 Å². The Bertz CT molecular complexity index is 468. The Morgan fingerprint density at radius 1 is 1.29 bits per heavy atom. The molecule has 3 nitrogen and oxygen atoms in total. The van der Waals surface area contributed by atoms with E-state index in [0.29, 0.717) is 0 Å². The Hall–Kier alpha value is -1.26. The van der Waals surface area contributed by atoms with E-state index in [-0.39, 0.29) is 12.1 Å². The molecule has 1 heterocycles.